The lowest BCUT2D eigenvalue weighted by Crippen LogP contribution is -2.49. The molecule has 5 aliphatic rings. The molecular weight excluding hydrogens is 382 g/mol. The largest absolute Gasteiger partial charge is 0.456 e. The minimum Gasteiger partial charge on any atom is -0.456 e. The average molecular weight is 407 g/mol. The van der Waals surface area contributed by atoms with Crippen LogP contribution < -0.4 is 0 Å². The lowest BCUT2D eigenvalue weighted by atomic mass is 9.63. The van der Waals surface area contributed by atoms with E-state index in [4.69, 9.17) is 4.74 Å². The number of ether oxygens (including phenoxy) is 1. The van der Waals surface area contributed by atoms with Crippen LogP contribution in [0.15, 0.2) is 42.5 Å². The molecule has 1 aromatic carbocycles. The zero-order valence-electron chi connectivity index (χ0n) is 17.1. The van der Waals surface area contributed by atoms with Crippen molar-refractivity contribution < 1.29 is 23.9 Å². The Morgan fingerprint density at radius 3 is 2.10 bits per heavy atom. The number of carbonyl (C=O) groups is 4. The lowest BCUT2D eigenvalue weighted by molar-refractivity contribution is -0.160. The third-order valence-corrected chi connectivity index (χ3v) is 7.29. The predicted octanol–water partition coefficient (Wildman–Crippen LogP) is 2.49. The number of rotatable bonds is 6. The summed E-state index contributed by atoms with van der Waals surface area (Å²) in [4.78, 5) is 53.0. The number of allylic oxidation sites excluding steroid dienone is 2. The summed E-state index contributed by atoms with van der Waals surface area (Å²) in [5.74, 6) is -1.30. The first-order valence-corrected chi connectivity index (χ1v) is 10.7. The van der Waals surface area contributed by atoms with Gasteiger partial charge in [0.15, 0.2) is 12.4 Å². The number of hydrogen-bond acceptors (Lipinski definition) is 5. The second kappa shape index (κ2) is 6.89. The summed E-state index contributed by atoms with van der Waals surface area (Å²) in [5, 5.41) is 0. The van der Waals surface area contributed by atoms with Gasteiger partial charge in [-0.05, 0) is 36.0 Å². The van der Waals surface area contributed by atoms with Gasteiger partial charge < -0.3 is 4.74 Å². The molecule has 1 saturated heterocycles. The zero-order valence-corrected chi connectivity index (χ0v) is 17.1. The smallest absolute Gasteiger partial charge is 0.330 e. The molecule has 6 heteroatoms. The first-order valence-electron chi connectivity index (χ1n) is 10.7. The molecule has 1 heterocycles. The van der Waals surface area contributed by atoms with E-state index in [9.17, 15) is 19.2 Å². The van der Waals surface area contributed by atoms with Crippen molar-refractivity contribution in [1.82, 2.24) is 4.90 Å². The van der Waals surface area contributed by atoms with E-state index in [0.717, 1.165) is 11.3 Å². The van der Waals surface area contributed by atoms with Gasteiger partial charge in [0.25, 0.3) is 0 Å². The van der Waals surface area contributed by atoms with E-state index in [-0.39, 0.29) is 47.2 Å². The van der Waals surface area contributed by atoms with Gasteiger partial charge in [0.1, 0.15) is 6.04 Å². The van der Waals surface area contributed by atoms with Gasteiger partial charge in [-0.1, -0.05) is 56.3 Å². The molecule has 6 rings (SSSR count). The Kier molecular flexibility index (Phi) is 4.42. The van der Waals surface area contributed by atoms with Crippen LogP contribution in [0.1, 0.15) is 30.6 Å². The summed E-state index contributed by atoms with van der Waals surface area (Å²) in [5.41, 5.74) is 0.451. The number of carbonyl (C=O) groups excluding carboxylic acids is 4. The molecule has 0 spiro atoms. The Morgan fingerprint density at radius 2 is 1.57 bits per heavy atom. The number of amides is 2. The summed E-state index contributed by atoms with van der Waals surface area (Å²) in [7, 11) is 0. The highest BCUT2D eigenvalue weighted by Crippen LogP contribution is 2.65. The van der Waals surface area contributed by atoms with Crippen LogP contribution in [0, 0.1) is 41.4 Å². The third-order valence-electron chi connectivity index (χ3n) is 7.29. The molecule has 7 unspecified atom stereocenters. The summed E-state index contributed by atoms with van der Waals surface area (Å²) in [6.45, 7) is 3.17. The number of ketones is 1. The van der Waals surface area contributed by atoms with E-state index in [2.05, 4.69) is 12.2 Å². The maximum absolute atomic E-state index is 13.3. The normalized spacial score (nSPS) is 34.0. The van der Waals surface area contributed by atoms with Crippen LogP contribution in [0.3, 0.4) is 0 Å². The molecule has 3 fully saturated rings. The van der Waals surface area contributed by atoms with Gasteiger partial charge in [-0.25, -0.2) is 4.79 Å². The van der Waals surface area contributed by atoms with E-state index in [1.807, 2.05) is 0 Å². The second-order valence-electron chi connectivity index (χ2n) is 9.29. The van der Waals surface area contributed by atoms with Crippen LogP contribution >= 0.6 is 0 Å². The third kappa shape index (κ3) is 2.76. The van der Waals surface area contributed by atoms with Crippen molar-refractivity contribution in [3.8, 4) is 0 Å². The van der Waals surface area contributed by atoms with E-state index in [1.54, 1.807) is 44.2 Å². The zero-order chi connectivity index (χ0) is 21.2. The number of esters is 1. The topological polar surface area (TPSA) is 80.8 Å². The first kappa shape index (κ1) is 19.2. The van der Waals surface area contributed by atoms with Crippen molar-refractivity contribution in [3.63, 3.8) is 0 Å². The maximum Gasteiger partial charge on any atom is 0.330 e. The minimum absolute atomic E-state index is 0.106. The van der Waals surface area contributed by atoms with Crippen LogP contribution in [-0.2, 0) is 19.1 Å². The van der Waals surface area contributed by atoms with Gasteiger partial charge in [0.05, 0.1) is 11.8 Å². The van der Waals surface area contributed by atoms with Crippen molar-refractivity contribution in [2.45, 2.75) is 26.3 Å². The van der Waals surface area contributed by atoms with Crippen LogP contribution in [0.2, 0.25) is 0 Å². The van der Waals surface area contributed by atoms with Gasteiger partial charge in [0, 0.05) is 5.56 Å². The molecule has 156 valence electrons. The van der Waals surface area contributed by atoms with E-state index in [1.165, 1.54) is 0 Å². The monoisotopic (exact) mass is 407 g/mol. The van der Waals surface area contributed by atoms with E-state index in [0.29, 0.717) is 17.4 Å². The predicted molar refractivity (Wildman–Crippen MR) is 107 cm³/mol. The Morgan fingerprint density at radius 1 is 1.00 bits per heavy atom. The van der Waals surface area contributed by atoms with Crippen molar-refractivity contribution in [2.75, 3.05) is 6.61 Å². The highest BCUT2D eigenvalue weighted by Gasteiger charge is 2.68. The Balaban J connectivity index is 1.34. The van der Waals surface area contributed by atoms with Crippen LogP contribution in [0.5, 0.6) is 0 Å². The Bertz CT molecular complexity index is 916. The summed E-state index contributed by atoms with van der Waals surface area (Å²) >= 11 is 0. The van der Waals surface area contributed by atoms with Crippen molar-refractivity contribution >= 4 is 23.6 Å². The summed E-state index contributed by atoms with van der Waals surface area (Å²) in [6.07, 6.45) is 5.30. The molecule has 0 aromatic heterocycles. The molecule has 6 nitrogen and oxygen atoms in total. The number of imide groups is 1. The number of benzene rings is 1. The molecule has 2 saturated carbocycles. The molecule has 2 bridgehead atoms. The average Bonchev–Trinajstić information content (AvgIpc) is 3.53. The van der Waals surface area contributed by atoms with Crippen LogP contribution in [0.25, 0.3) is 0 Å². The lowest BCUT2D eigenvalue weighted by Gasteiger charge is -2.37. The fourth-order valence-electron chi connectivity index (χ4n) is 5.86. The quantitative estimate of drug-likeness (QED) is 0.313. The number of Topliss-reactive ketones (excluding diaryl/α,β-unsaturated/α-hetero) is 1. The van der Waals surface area contributed by atoms with Crippen LogP contribution in [-0.4, -0.2) is 41.1 Å². The van der Waals surface area contributed by atoms with E-state index >= 15 is 0 Å². The Labute approximate surface area is 175 Å². The van der Waals surface area contributed by atoms with Crippen molar-refractivity contribution in [2.24, 2.45) is 41.4 Å². The molecule has 2 amide bonds. The van der Waals surface area contributed by atoms with Crippen molar-refractivity contribution in [3.05, 3.63) is 48.0 Å². The molecule has 7 atom stereocenters. The molecule has 0 N–H and O–H groups in total. The molecular formula is C24H25NO5. The highest BCUT2D eigenvalue weighted by molar-refractivity contribution is 6.09. The molecule has 0 radical (unpaired) electrons. The molecule has 4 aliphatic carbocycles. The maximum atomic E-state index is 13.3. The number of likely N-dealkylation sites (tertiary alicyclic amines) is 1. The van der Waals surface area contributed by atoms with Gasteiger partial charge in [0.2, 0.25) is 11.8 Å². The minimum atomic E-state index is -1.00. The van der Waals surface area contributed by atoms with Gasteiger partial charge in [-0.2, -0.15) is 0 Å². The van der Waals surface area contributed by atoms with E-state index < -0.39 is 18.6 Å². The molecule has 30 heavy (non-hydrogen) atoms. The first-order chi connectivity index (χ1) is 14.4. The standard InChI is InChI=1S/C24H25NO5/c1-12(2)21(24(29)30-11-18(26)13-6-4-3-5-7-13)25-22(27)19-14-8-9-15(17-10-16(14)17)20(19)23(25)28/h3-9,12,14-17,19-21H,10-11H2,1-2H3. The fraction of sp³-hybridized carbons (Fsp3) is 0.500. The van der Waals surface area contributed by atoms with Crippen molar-refractivity contribution in [1.29, 1.82) is 0 Å². The van der Waals surface area contributed by atoms with Gasteiger partial charge >= 0.3 is 5.97 Å². The fourth-order valence-corrected chi connectivity index (χ4v) is 5.86. The summed E-state index contributed by atoms with van der Waals surface area (Å²) in [6, 6.07) is 7.58. The van der Waals surface area contributed by atoms with Gasteiger partial charge in [-0.15, -0.1) is 0 Å². The number of nitrogens with zero attached hydrogens (tertiary/aromatic N) is 1. The highest BCUT2D eigenvalue weighted by atomic mass is 16.5. The Hall–Kier alpha value is -2.76. The SMILES string of the molecule is CC(C)C(C(=O)OCC(=O)c1ccccc1)N1C(=O)C2C3C=CC(C4CC34)C2C1=O. The number of hydrogen-bond donors (Lipinski definition) is 0. The summed E-state index contributed by atoms with van der Waals surface area (Å²) < 4.78 is 5.29. The van der Waals surface area contributed by atoms with Gasteiger partial charge in [-0.3, -0.25) is 19.3 Å². The second-order valence-corrected chi connectivity index (χ2v) is 9.29. The molecule has 1 aromatic rings. The molecule has 1 aliphatic heterocycles. The van der Waals surface area contributed by atoms with Crippen LogP contribution in [0.4, 0.5) is 0 Å².